The zero-order valence-corrected chi connectivity index (χ0v) is 13.2. The van der Waals surface area contributed by atoms with Crippen LogP contribution in [0.4, 0.5) is 10.6 Å². The van der Waals surface area contributed by atoms with Crippen LogP contribution in [-0.2, 0) is 16.6 Å². The summed E-state index contributed by atoms with van der Waals surface area (Å²) in [6, 6.07) is 0.490. The summed E-state index contributed by atoms with van der Waals surface area (Å²) in [4.78, 5) is 42.2. The van der Waals surface area contributed by atoms with Crippen LogP contribution in [0.2, 0.25) is 0 Å². The Bertz CT molecular complexity index is 690. The molecule has 0 N–H and O–H groups in total. The smallest absolute Gasteiger partial charge is 0.312 e. The van der Waals surface area contributed by atoms with Crippen molar-refractivity contribution in [1.82, 2.24) is 19.6 Å². The van der Waals surface area contributed by atoms with Gasteiger partial charge in [0.1, 0.15) is 17.9 Å². The van der Waals surface area contributed by atoms with Crippen molar-refractivity contribution in [3.05, 3.63) is 11.8 Å². The monoisotopic (exact) mass is 317 g/mol. The van der Waals surface area contributed by atoms with Crippen LogP contribution in [0.3, 0.4) is 0 Å². The number of aromatic nitrogens is 2. The van der Waals surface area contributed by atoms with E-state index in [0.29, 0.717) is 31.7 Å². The second-order valence-corrected chi connectivity index (χ2v) is 6.40. The van der Waals surface area contributed by atoms with Gasteiger partial charge in [0.15, 0.2) is 0 Å². The van der Waals surface area contributed by atoms with Crippen molar-refractivity contribution in [2.75, 3.05) is 18.0 Å². The third-order valence-electron chi connectivity index (χ3n) is 4.97. The largest absolute Gasteiger partial charge is 0.328 e. The minimum absolute atomic E-state index is 0.198. The van der Waals surface area contributed by atoms with Crippen LogP contribution in [0.25, 0.3) is 0 Å². The second-order valence-electron chi connectivity index (χ2n) is 6.40. The summed E-state index contributed by atoms with van der Waals surface area (Å²) in [6.45, 7) is 2.96. The van der Waals surface area contributed by atoms with Crippen LogP contribution in [0.15, 0.2) is 6.07 Å². The van der Waals surface area contributed by atoms with Crippen LogP contribution >= 0.6 is 0 Å². The molecule has 0 saturated carbocycles. The van der Waals surface area contributed by atoms with E-state index < -0.39 is 6.04 Å². The van der Waals surface area contributed by atoms with E-state index in [2.05, 4.69) is 5.10 Å². The highest BCUT2D eigenvalue weighted by atomic mass is 16.2. The van der Waals surface area contributed by atoms with Gasteiger partial charge in [-0.1, -0.05) is 0 Å². The Morgan fingerprint density at radius 2 is 1.87 bits per heavy atom. The molecule has 3 aliphatic heterocycles. The highest BCUT2D eigenvalue weighted by Crippen LogP contribution is 2.32. The molecular weight excluding hydrogens is 298 g/mol. The number of urea groups is 1. The average molecular weight is 317 g/mol. The number of aryl methyl sites for hydroxylation is 2. The van der Waals surface area contributed by atoms with Gasteiger partial charge in [-0.05, 0) is 26.2 Å². The number of carbonyl (C=O) groups is 3. The Labute approximate surface area is 133 Å². The van der Waals surface area contributed by atoms with Gasteiger partial charge in [0.25, 0.3) is 11.8 Å². The normalized spacial score (nSPS) is 27.6. The van der Waals surface area contributed by atoms with Gasteiger partial charge in [0, 0.05) is 26.2 Å². The molecular formula is C15H19N5O3. The molecule has 1 aromatic heterocycles. The number of hydrogen-bond donors (Lipinski definition) is 0. The number of rotatable bonds is 2. The minimum atomic E-state index is -0.684. The van der Waals surface area contributed by atoms with Gasteiger partial charge < -0.3 is 4.90 Å². The lowest BCUT2D eigenvalue weighted by Crippen LogP contribution is -2.46. The van der Waals surface area contributed by atoms with Crippen molar-refractivity contribution in [2.45, 2.75) is 38.3 Å². The molecule has 3 saturated heterocycles. The average Bonchev–Trinajstić information content (AvgIpc) is 3.22. The Morgan fingerprint density at radius 1 is 1.09 bits per heavy atom. The molecule has 4 heterocycles. The van der Waals surface area contributed by atoms with Crippen molar-refractivity contribution in [3.63, 3.8) is 0 Å². The van der Waals surface area contributed by atoms with E-state index in [1.165, 1.54) is 4.90 Å². The van der Waals surface area contributed by atoms with Crippen LogP contribution in [0.1, 0.15) is 25.0 Å². The third-order valence-corrected chi connectivity index (χ3v) is 4.97. The number of imide groups is 1. The lowest BCUT2D eigenvalue weighted by Gasteiger charge is -2.22. The molecule has 0 unspecified atom stereocenters. The number of carbonyl (C=O) groups excluding carboxylic acids is 3. The summed E-state index contributed by atoms with van der Waals surface area (Å²) in [5.41, 5.74) is 0.827. The molecule has 8 heteroatoms. The first-order chi connectivity index (χ1) is 11.0. The molecule has 2 atom stereocenters. The fraction of sp³-hybridized carbons (Fsp3) is 0.600. The molecule has 8 nitrogen and oxygen atoms in total. The fourth-order valence-electron chi connectivity index (χ4n) is 3.91. The molecule has 3 aliphatic rings. The van der Waals surface area contributed by atoms with Gasteiger partial charge in [-0.25, -0.2) is 9.69 Å². The summed E-state index contributed by atoms with van der Waals surface area (Å²) in [7, 11) is 1.78. The molecule has 0 aliphatic carbocycles. The molecule has 0 radical (unpaired) electrons. The number of amides is 4. The first-order valence-electron chi connectivity index (χ1n) is 7.94. The molecule has 122 valence electrons. The van der Waals surface area contributed by atoms with Gasteiger partial charge in [-0.15, -0.1) is 0 Å². The van der Waals surface area contributed by atoms with E-state index in [4.69, 9.17) is 0 Å². The summed E-state index contributed by atoms with van der Waals surface area (Å²) in [5, 5.41) is 4.26. The molecule has 3 fully saturated rings. The summed E-state index contributed by atoms with van der Waals surface area (Å²) < 4.78 is 1.65. The topological polar surface area (TPSA) is 78.8 Å². The van der Waals surface area contributed by atoms with Crippen LogP contribution in [0, 0.1) is 6.92 Å². The van der Waals surface area contributed by atoms with Gasteiger partial charge in [-0.3, -0.25) is 19.2 Å². The van der Waals surface area contributed by atoms with E-state index >= 15 is 0 Å². The number of fused-ring (bicyclic) bond motifs is 1. The lowest BCUT2D eigenvalue weighted by atomic mass is 10.1. The predicted octanol–water partition coefficient (Wildman–Crippen LogP) is 0.260. The molecule has 1 aromatic rings. The Morgan fingerprint density at radius 3 is 2.52 bits per heavy atom. The zero-order valence-electron chi connectivity index (χ0n) is 13.2. The van der Waals surface area contributed by atoms with E-state index in [1.54, 1.807) is 21.5 Å². The maximum Gasteiger partial charge on any atom is 0.328 e. The first kappa shape index (κ1) is 14.2. The van der Waals surface area contributed by atoms with Gasteiger partial charge >= 0.3 is 6.03 Å². The number of nitrogens with zero attached hydrogens (tertiary/aromatic N) is 5. The second kappa shape index (κ2) is 4.81. The van der Waals surface area contributed by atoms with Crippen molar-refractivity contribution in [1.29, 1.82) is 0 Å². The highest BCUT2D eigenvalue weighted by molar-refractivity contribution is 6.10. The third kappa shape index (κ3) is 1.90. The molecule has 4 amide bonds. The van der Waals surface area contributed by atoms with E-state index in [1.807, 2.05) is 13.0 Å². The summed E-state index contributed by atoms with van der Waals surface area (Å²) in [6.07, 6.45) is 2.03. The molecule has 4 rings (SSSR count). The van der Waals surface area contributed by atoms with E-state index in [9.17, 15) is 14.4 Å². The Balaban J connectivity index is 1.60. The predicted molar refractivity (Wildman–Crippen MR) is 80.7 cm³/mol. The first-order valence-corrected chi connectivity index (χ1v) is 7.94. The molecule has 23 heavy (non-hydrogen) atoms. The maximum absolute atomic E-state index is 12.8. The Hall–Kier alpha value is -2.38. The van der Waals surface area contributed by atoms with Gasteiger partial charge in [-0.2, -0.15) is 5.10 Å². The van der Waals surface area contributed by atoms with Crippen molar-refractivity contribution < 1.29 is 14.4 Å². The van der Waals surface area contributed by atoms with E-state index in [0.717, 1.165) is 12.1 Å². The number of hydrogen-bond acceptors (Lipinski definition) is 4. The Kier molecular flexibility index (Phi) is 2.97. The van der Waals surface area contributed by atoms with Crippen LogP contribution in [-0.4, -0.2) is 62.6 Å². The standard InChI is InChI=1S/C15H19N5O3/c1-9-8-12(17(2)16-9)19-7-5-11(13(19)21)20-14(22)10-4-3-6-18(10)15(20)23/h8,10-11H,3-7H2,1-2H3/t10-,11-/m0/s1. The lowest BCUT2D eigenvalue weighted by molar-refractivity contribution is -0.133. The highest BCUT2D eigenvalue weighted by Gasteiger charge is 2.53. The van der Waals surface area contributed by atoms with Crippen LogP contribution < -0.4 is 4.90 Å². The van der Waals surface area contributed by atoms with E-state index in [-0.39, 0.29) is 23.9 Å². The molecule has 0 bridgehead atoms. The minimum Gasteiger partial charge on any atom is -0.312 e. The quantitative estimate of drug-likeness (QED) is 0.733. The van der Waals surface area contributed by atoms with Gasteiger partial charge in [0.05, 0.1) is 5.69 Å². The zero-order chi connectivity index (χ0) is 16.3. The maximum atomic E-state index is 12.8. The van der Waals surface area contributed by atoms with Gasteiger partial charge in [0.2, 0.25) is 0 Å². The summed E-state index contributed by atoms with van der Waals surface area (Å²) >= 11 is 0. The van der Waals surface area contributed by atoms with Crippen LogP contribution in [0.5, 0.6) is 0 Å². The fourth-order valence-corrected chi connectivity index (χ4v) is 3.91. The van der Waals surface area contributed by atoms with Crippen molar-refractivity contribution in [3.8, 4) is 0 Å². The summed E-state index contributed by atoms with van der Waals surface area (Å²) in [5.74, 6) is 0.291. The number of anilines is 1. The molecule has 0 aromatic carbocycles. The van der Waals surface area contributed by atoms with Crippen molar-refractivity contribution >= 4 is 23.7 Å². The van der Waals surface area contributed by atoms with Crippen molar-refractivity contribution in [2.24, 2.45) is 7.05 Å². The SMILES string of the molecule is Cc1cc(N2CC[C@H](N3C(=O)[C@@H]4CCCN4C3=O)C2=O)n(C)n1. The molecule has 0 spiro atoms.